The smallest absolute Gasteiger partial charge is 0.102 e. The number of hydrogen-bond donors (Lipinski definition) is 0. The van der Waals surface area contributed by atoms with Crippen LogP contribution in [0.25, 0.3) is 0 Å². The number of rotatable bonds is 1. The Labute approximate surface area is 69.2 Å². The summed E-state index contributed by atoms with van der Waals surface area (Å²) in [5.74, 6) is 0. The van der Waals surface area contributed by atoms with Crippen molar-refractivity contribution < 1.29 is 0 Å². The summed E-state index contributed by atoms with van der Waals surface area (Å²) in [5, 5.41) is 3.75. The van der Waals surface area contributed by atoms with Crippen molar-refractivity contribution in [2.45, 2.75) is 29.7 Å². The van der Waals surface area contributed by atoms with Crippen LogP contribution in [-0.2, 0) is 0 Å². The summed E-state index contributed by atoms with van der Waals surface area (Å²) in [7, 11) is 0. The summed E-state index contributed by atoms with van der Waals surface area (Å²) in [5.41, 5.74) is 0. The minimum atomic E-state index is 0.272. The van der Waals surface area contributed by atoms with Gasteiger partial charge in [0.2, 0.25) is 0 Å². The van der Waals surface area contributed by atoms with E-state index in [9.17, 15) is 0 Å². The highest BCUT2D eigenvalue weighted by molar-refractivity contribution is 8.02. The van der Waals surface area contributed by atoms with Gasteiger partial charge in [-0.1, -0.05) is 25.3 Å². The summed E-state index contributed by atoms with van der Waals surface area (Å²) in [4.78, 5) is 0. The van der Waals surface area contributed by atoms with Gasteiger partial charge in [0.25, 0.3) is 0 Å². The molecule has 10 heavy (non-hydrogen) atoms. The molecule has 1 aromatic rings. The Hall–Kier alpha value is -0.0900. The van der Waals surface area contributed by atoms with Gasteiger partial charge in [0.05, 0.1) is 6.20 Å². The molecule has 0 aromatic carbocycles. The molecule has 0 unspecified atom stereocenters. The fourth-order valence-electron chi connectivity index (χ4n) is 0.505. The molecule has 0 fully saturated rings. The first-order valence-corrected chi connectivity index (χ1v) is 4.63. The fourth-order valence-corrected chi connectivity index (χ4v) is 2.48. The average molecular weight is 174 g/mol. The van der Waals surface area contributed by atoms with Crippen molar-refractivity contribution >= 4 is 23.3 Å². The number of aromatic nitrogens is 2. The van der Waals surface area contributed by atoms with Gasteiger partial charge in [0, 0.05) is 4.75 Å². The predicted molar refractivity (Wildman–Crippen MR) is 45.5 cm³/mol. The molecule has 0 atom stereocenters. The first-order valence-electron chi connectivity index (χ1n) is 3.04. The molecule has 0 aliphatic rings. The molecule has 0 saturated carbocycles. The Balaban J connectivity index is 2.57. The Morgan fingerprint density at radius 3 is 2.60 bits per heavy atom. The van der Waals surface area contributed by atoms with Crippen LogP contribution in [0.4, 0.5) is 0 Å². The molecular formula is C6H10N2S2. The standard InChI is InChI=1S/C6H10N2S2/c1-6(2,3)9-5-4-7-8-10-5/h4H,1-3H3. The maximum atomic E-state index is 3.78. The molecule has 56 valence electrons. The van der Waals surface area contributed by atoms with Crippen LogP contribution in [0.15, 0.2) is 10.4 Å². The molecule has 0 bridgehead atoms. The van der Waals surface area contributed by atoms with Crippen molar-refractivity contribution in [2.24, 2.45) is 0 Å². The summed E-state index contributed by atoms with van der Waals surface area (Å²) < 4.78 is 5.24. The van der Waals surface area contributed by atoms with E-state index in [1.54, 1.807) is 18.0 Å². The van der Waals surface area contributed by atoms with Crippen molar-refractivity contribution in [3.05, 3.63) is 6.20 Å². The molecule has 0 saturated heterocycles. The molecule has 1 heterocycles. The van der Waals surface area contributed by atoms with Crippen molar-refractivity contribution in [3.8, 4) is 0 Å². The van der Waals surface area contributed by atoms with Gasteiger partial charge in [-0.3, -0.25) is 0 Å². The van der Waals surface area contributed by atoms with E-state index in [1.807, 2.05) is 0 Å². The highest BCUT2D eigenvalue weighted by Gasteiger charge is 2.12. The lowest BCUT2D eigenvalue weighted by atomic mass is 10.3. The van der Waals surface area contributed by atoms with Gasteiger partial charge in [-0.05, 0) is 11.5 Å². The second-order valence-corrected chi connectivity index (χ2v) is 5.86. The summed E-state index contributed by atoms with van der Waals surface area (Å²) in [6.45, 7) is 6.53. The van der Waals surface area contributed by atoms with Gasteiger partial charge < -0.3 is 0 Å². The molecule has 1 aromatic heterocycles. The van der Waals surface area contributed by atoms with E-state index in [0.29, 0.717) is 0 Å². The van der Waals surface area contributed by atoms with Crippen LogP contribution in [0.2, 0.25) is 0 Å². The molecule has 0 aliphatic heterocycles. The van der Waals surface area contributed by atoms with E-state index in [4.69, 9.17) is 0 Å². The third-order valence-electron chi connectivity index (χ3n) is 0.748. The van der Waals surface area contributed by atoms with Crippen molar-refractivity contribution in [2.75, 3.05) is 0 Å². The van der Waals surface area contributed by atoms with Crippen LogP contribution in [0.1, 0.15) is 20.8 Å². The van der Waals surface area contributed by atoms with Crippen LogP contribution in [-0.4, -0.2) is 14.3 Å². The van der Waals surface area contributed by atoms with E-state index in [1.165, 1.54) is 15.7 Å². The second kappa shape index (κ2) is 2.88. The Kier molecular flexibility index (Phi) is 2.31. The van der Waals surface area contributed by atoms with Crippen LogP contribution in [0.5, 0.6) is 0 Å². The average Bonchev–Trinajstić information content (AvgIpc) is 2.12. The van der Waals surface area contributed by atoms with E-state index >= 15 is 0 Å². The first-order chi connectivity index (χ1) is 4.58. The Morgan fingerprint density at radius 1 is 1.50 bits per heavy atom. The van der Waals surface area contributed by atoms with E-state index in [0.717, 1.165) is 0 Å². The molecule has 0 N–H and O–H groups in total. The maximum Gasteiger partial charge on any atom is 0.102 e. The summed E-state index contributed by atoms with van der Waals surface area (Å²) in [6, 6.07) is 0. The number of thioether (sulfide) groups is 1. The molecule has 0 radical (unpaired) electrons. The monoisotopic (exact) mass is 174 g/mol. The molecule has 0 amide bonds. The van der Waals surface area contributed by atoms with Gasteiger partial charge in [-0.2, -0.15) is 0 Å². The minimum Gasteiger partial charge on any atom is -0.145 e. The number of nitrogens with zero attached hydrogens (tertiary/aromatic N) is 2. The Bertz CT molecular complexity index is 188. The van der Waals surface area contributed by atoms with Crippen LogP contribution in [0, 0.1) is 0 Å². The van der Waals surface area contributed by atoms with Gasteiger partial charge >= 0.3 is 0 Å². The van der Waals surface area contributed by atoms with Gasteiger partial charge in [0.15, 0.2) is 0 Å². The second-order valence-electron chi connectivity index (χ2n) is 2.95. The van der Waals surface area contributed by atoms with E-state index in [2.05, 4.69) is 30.4 Å². The SMILES string of the molecule is CC(C)(C)Sc1cnns1. The van der Waals surface area contributed by atoms with Crippen LogP contribution in [0.3, 0.4) is 0 Å². The van der Waals surface area contributed by atoms with Crippen molar-refractivity contribution in [1.82, 2.24) is 9.59 Å². The molecular weight excluding hydrogens is 164 g/mol. The van der Waals surface area contributed by atoms with E-state index < -0.39 is 0 Å². The lowest BCUT2D eigenvalue weighted by molar-refractivity contribution is 0.804. The molecule has 4 heteroatoms. The highest BCUT2D eigenvalue weighted by Crippen LogP contribution is 2.32. The fraction of sp³-hybridized carbons (Fsp3) is 0.667. The normalized spacial score (nSPS) is 11.9. The van der Waals surface area contributed by atoms with Crippen molar-refractivity contribution in [1.29, 1.82) is 0 Å². The molecule has 0 aliphatic carbocycles. The Morgan fingerprint density at radius 2 is 2.20 bits per heavy atom. The third kappa shape index (κ3) is 2.66. The largest absolute Gasteiger partial charge is 0.145 e. The van der Waals surface area contributed by atoms with Crippen LogP contribution >= 0.6 is 23.3 Å². The van der Waals surface area contributed by atoms with Crippen molar-refractivity contribution in [3.63, 3.8) is 0 Å². The quantitative estimate of drug-likeness (QED) is 0.611. The third-order valence-corrected chi connectivity index (χ3v) is 2.60. The van der Waals surface area contributed by atoms with Gasteiger partial charge in [-0.25, -0.2) is 0 Å². The minimum absolute atomic E-state index is 0.272. The lowest BCUT2D eigenvalue weighted by Crippen LogP contribution is -2.05. The molecule has 2 nitrogen and oxygen atoms in total. The summed E-state index contributed by atoms with van der Waals surface area (Å²) in [6.07, 6.45) is 1.81. The maximum absolute atomic E-state index is 3.78. The predicted octanol–water partition coefficient (Wildman–Crippen LogP) is 2.43. The van der Waals surface area contributed by atoms with Crippen LogP contribution < -0.4 is 0 Å². The zero-order valence-corrected chi connectivity index (χ0v) is 7.92. The summed E-state index contributed by atoms with van der Waals surface area (Å²) >= 11 is 3.25. The first kappa shape index (κ1) is 8.01. The zero-order valence-electron chi connectivity index (χ0n) is 6.29. The molecule has 0 spiro atoms. The lowest BCUT2D eigenvalue weighted by Gasteiger charge is -2.14. The number of hydrogen-bond acceptors (Lipinski definition) is 4. The van der Waals surface area contributed by atoms with Gasteiger partial charge in [0.1, 0.15) is 4.21 Å². The van der Waals surface area contributed by atoms with E-state index in [-0.39, 0.29) is 4.75 Å². The topological polar surface area (TPSA) is 25.8 Å². The molecule has 1 rings (SSSR count). The highest BCUT2D eigenvalue weighted by atomic mass is 32.2. The zero-order chi connectivity index (χ0) is 7.61. The van der Waals surface area contributed by atoms with Gasteiger partial charge in [-0.15, -0.1) is 16.9 Å².